The maximum atomic E-state index is 12.1. The van der Waals surface area contributed by atoms with Crippen molar-refractivity contribution < 1.29 is 19.8 Å². The molecule has 3 N–H and O–H groups in total. The fourth-order valence-electron chi connectivity index (χ4n) is 2.42. The number of likely N-dealkylation sites (tertiary alicyclic amines) is 1. The maximum absolute atomic E-state index is 12.1. The summed E-state index contributed by atoms with van der Waals surface area (Å²) >= 11 is 0. The second kappa shape index (κ2) is 7.64. The van der Waals surface area contributed by atoms with Crippen LogP contribution in [0.2, 0.25) is 0 Å². The monoisotopic (exact) mass is 300 g/mol. The predicted octanol–water partition coefficient (Wildman–Crippen LogP) is 1.82. The van der Waals surface area contributed by atoms with E-state index in [0.717, 1.165) is 12.8 Å². The number of hydrogen-bond donors (Lipinski definition) is 3. The summed E-state index contributed by atoms with van der Waals surface area (Å²) in [6.45, 7) is 6.58. The molecule has 0 aliphatic carbocycles. The van der Waals surface area contributed by atoms with Gasteiger partial charge in [-0.25, -0.2) is 4.79 Å². The van der Waals surface area contributed by atoms with Crippen LogP contribution >= 0.6 is 0 Å². The Balaban J connectivity index is 2.23. The van der Waals surface area contributed by atoms with E-state index in [2.05, 4.69) is 5.32 Å². The Morgan fingerprint density at radius 1 is 1.24 bits per heavy atom. The molecule has 0 aromatic carbocycles. The van der Waals surface area contributed by atoms with E-state index in [0.29, 0.717) is 32.4 Å². The summed E-state index contributed by atoms with van der Waals surface area (Å²) in [6, 6.07) is -0.0646. The SMILES string of the molecule is CC(CCCC(C)C(=O)O)NC(=O)N1CCC(C)(O)CC1. The second-order valence-electron chi connectivity index (χ2n) is 6.50. The first-order valence-electron chi connectivity index (χ1n) is 7.72. The van der Waals surface area contributed by atoms with Crippen LogP contribution in [0.25, 0.3) is 0 Å². The van der Waals surface area contributed by atoms with Crippen LogP contribution in [0.15, 0.2) is 0 Å². The standard InChI is InChI=1S/C15H28N2O4/c1-11(13(18)19)5-4-6-12(2)16-14(20)17-9-7-15(3,21)8-10-17/h11-12,21H,4-10H2,1-3H3,(H,16,20)(H,18,19). The minimum atomic E-state index is -0.771. The van der Waals surface area contributed by atoms with Gasteiger partial charge in [-0.1, -0.05) is 13.3 Å². The van der Waals surface area contributed by atoms with Gasteiger partial charge >= 0.3 is 12.0 Å². The van der Waals surface area contributed by atoms with Gasteiger partial charge in [0.2, 0.25) is 0 Å². The summed E-state index contributed by atoms with van der Waals surface area (Å²) in [5, 5.41) is 21.6. The molecule has 0 aromatic heterocycles. The van der Waals surface area contributed by atoms with E-state index in [1.54, 1.807) is 18.7 Å². The van der Waals surface area contributed by atoms with Gasteiger partial charge < -0.3 is 20.4 Å². The number of aliphatic carboxylic acids is 1. The van der Waals surface area contributed by atoms with Gasteiger partial charge in [0.1, 0.15) is 0 Å². The number of aliphatic hydroxyl groups is 1. The number of hydrogen-bond acceptors (Lipinski definition) is 3. The normalized spacial score (nSPS) is 20.7. The molecule has 21 heavy (non-hydrogen) atoms. The van der Waals surface area contributed by atoms with Crippen molar-refractivity contribution in [2.24, 2.45) is 5.92 Å². The van der Waals surface area contributed by atoms with Crippen LogP contribution in [0.5, 0.6) is 0 Å². The number of rotatable bonds is 6. The van der Waals surface area contributed by atoms with Gasteiger partial charge in [-0.15, -0.1) is 0 Å². The zero-order valence-electron chi connectivity index (χ0n) is 13.3. The van der Waals surface area contributed by atoms with Crippen LogP contribution in [-0.4, -0.2) is 51.8 Å². The van der Waals surface area contributed by atoms with Crippen LogP contribution in [0.4, 0.5) is 4.79 Å². The van der Waals surface area contributed by atoms with Crippen molar-refractivity contribution in [1.82, 2.24) is 10.2 Å². The Labute approximate surface area is 126 Å². The molecule has 0 saturated carbocycles. The van der Waals surface area contributed by atoms with E-state index in [9.17, 15) is 14.7 Å². The largest absolute Gasteiger partial charge is 0.481 e. The second-order valence-corrected chi connectivity index (χ2v) is 6.50. The molecule has 0 aromatic rings. The van der Waals surface area contributed by atoms with E-state index < -0.39 is 11.6 Å². The molecule has 1 aliphatic rings. The number of carboxylic acids is 1. The van der Waals surface area contributed by atoms with Gasteiger partial charge in [0.05, 0.1) is 11.5 Å². The summed E-state index contributed by atoms with van der Waals surface area (Å²) in [7, 11) is 0. The molecule has 1 fully saturated rings. The highest BCUT2D eigenvalue weighted by Gasteiger charge is 2.29. The van der Waals surface area contributed by atoms with Crippen molar-refractivity contribution in [2.45, 2.75) is 64.5 Å². The van der Waals surface area contributed by atoms with E-state index in [1.807, 2.05) is 6.92 Å². The number of carboxylic acid groups (broad SMARTS) is 1. The zero-order chi connectivity index (χ0) is 16.0. The van der Waals surface area contributed by atoms with Crippen LogP contribution < -0.4 is 5.32 Å². The highest BCUT2D eigenvalue weighted by atomic mass is 16.4. The third kappa shape index (κ3) is 6.33. The van der Waals surface area contributed by atoms with Crippen LogP contribution in [0.3, 0.4) is 0 Å². The number of amides is 2. The van der Waals surface area contributed by atoms with Crippen molar-refractivity contribution >= 4 is 12.0 Å². The molecule has 1 heterocycles. The van der Waals surface area contributed by atoms with Gasteiger partial charge in [-0.2, -0.15) is 0 Å². The fourth-order valence-corrected chi connectivity index (χ4v) is 2.42. The van der Waals surface area contributed by atoms with Gasteiger partial charge in [0.25, 0.3) is 0 Å². The minimum absolute atomic E-state index is 0.0286. The maximum Gasteiger partial charge on any atom is 0.317 e. The lowest BCUT2D eigenvalue weighted by Crippen LogP contribution is -2.50. The van der Waals surface area contributed by atoms with Gasteiger partial charge in [-0.3, -0.25) is 4.79 Å². The highest BCUT2D eigenvalue weighted by molar-refractivity contribution is 5.74. The fraction of sp³-hybridized carbons (Fsp3) is 0.867. The Kier molecular flexibility index (Phi) is 6.45. The Morgan fingerprint density at radius 3 is 2.33 bits per heavy atom. The van der Waals surface area contributed by atoms with Gasteiger partial charge in [0.15, 0.2) is 0 Å². The van der Waals surface area contributed by atoms with Crippen molar-refractivity contribution in [3.63, 3.8) is 0 Å². The lowest BCUT2D eigenvalue weighted by molar-refractivity contribution is -0.141. The molecular weight excluding hydrogens is 272 g/mol. The van der Waals surface area contributed by atoms with Gasteiger partial charge in [0, 0.05) is 19.1 Å². The van der Waals surface area contributed by atoms with Crippen LogP contribution in [0, 0.1) is 5.92 Å². The molecular formula is C15H28N2O4. The summed E-state index contributed by atoms with van der Waals surface area (Å²) in [5.74, 6) is -1.11. The average molecular weight is 300 g/mol. The lowest BCUT2D eigenvalue weighted by Gasteiger charge is -2.36. The third-order valence-electron chi connectivity index (χ3n) is 4.19. The van der Waals surface area contributed by atoms with E-state index >= 15 is 0 Å². The Bertz CT molecular complexity index is 361. The Hall–Kier alpha value is -1.30. The van der Waals surface area contributed by atoms with Crippen molar-refractivity contribution in [3.8, 4) is 0 Å². The van der Waals surface area contributed by atoms with Crippen molar-refractivity contribution in [1.29, 1.82) is 0 Å². The molecule has 0 radical (unpaired) electrons. The van der Waals surface area contributed by atoms with Gasteiger partial charge in [-0.05, 0) is 39.5 Å². The number of carbonyl (C=O) groups is 2. The highest BCUT2D eigenvalue weighted by Crippen LogP contribution is 2.21. The molecule has 2 amide bonds. The number of urea groups is 1. The molecule has 2 atom stereocenters. The first-order valence-corrected chi connectivity index (χ1v) is 7.72. The molecule has 6 nitrogen and oxygen atoms in total. The first-order chi connectivity index (χ1) is 9.71. The van der Waals surface area contributed by atoms with Crippen LogP contribution in [0.1, 0.15) is 52.9 Å². The quantitative estimate of drug-likeness (QED) is 0.698. The average Bonchev–Trinajstić information content (AvgIpc) is 2.38. The first kappa shape index (κ1) is 17.8. The Morgan fingerprint density at radius 2 is 1.81 bits per heavy atom. The molecule has 0 spiro atoms. The molecule has 1 saturated heterocycles. The predicted molar refractivity (Wildman–Crippen MR) is 80.1 cm³/mol. The van der Waals surface area contributed by atoms with E-state index in [-0.39, 0.29) is 18.0 Å². The summed E-state index contributed by atoms with van der Waals surface area (Å²) in [6.07, 6.45) is 3.39. The number of nitrogens with zero attached hydrogens (tertiary/aromatic N) is 1. The zero-order valence-corrected chi connectivity index (χ0v) is 13.3. The summed E-state index contributed by atoms with van der Waals surface area (Å²) in [5.41, 5.74) is -0.657. The summed E-state index contributed by atoms with van der Waals surface area (Å²) in [4.78, 5) is 24.5. The minimum Gasteiger partial charge on any atom is -0.481 e. The molecule has 6 heteroatoms. The van der Waals surface area contributed by atoms with E-state index in [1.165, 1.54) is 0 Å². The third-order valence-corrected chi connectivity index (χ3v) is 4.19. The number of carbonyl (C=O) groups excluding carboxylic acids is 1. The smallest absolute Gasteiger partial charge is 0.317 e. The van der Waals surface area contributed by atoms with E-state index in [4.69, 9.17) is 5.11 Å². The molecule has 122 valence electrons. The molecule has 1 aliphatic heterocycles. The summed E-state index contributed by atoms with van der Waals surface area (Å²) < 4.78 is 0. The topological polar surface area (TPSA) is 89.9 Å². The number of nitrogens with one attached hydrogen (secondary N) is 1. The molecule has 1 rings (SSSR count). The lowest BCUT2D eigenvalue weighted by atomic mass is 9.94. The molecule has 2 unspecified atom stereocenters. The number of piperidine rings is 1. The van der Waals surface area contributed by atoms with Crippen molar-refractivity contribution in [2.75, 3.05) is 13.1 Å². The van der Waals surface area contributed by atoms with Crippen LogP contribution in [-0.2, 0) is 4.79 Å². The molecule has 0 bridgehead atoms. The van der Waals surface area contributed by atoms with Crippen molar-refractivity contribution in [3.05, 3.63) is 0 Å².